The Kier molecular flexibility index (Phi) is 9.52. The Balaban J connectivity index is 2.16. The van der Waals surface area contributed by atoms with Crippen LogP contribution in [0.3, 0.4) is 0 Å². The molecule has 3 aromatic rings. The van der Waals surface area contributed by atoms with Gasteiger partial charge in [-0.2, -0.15) is 0 Å². The van der Waals surface area contributed by atoms with Crippen LogP contribution in [0.1, 0.15) is 33.6 Å². The molecule has 3 aromatic carbocycles. The quantitative estimate of drug-likeness (QED) is 0.190. The maximum absolute atomic E-state index is 13.9. The zero-order valence-corrected chi connectivity index (χ0v) is 24.7. The maximum atomic E-state index is 13.9. The average Bonchev–Trinajstić information content (AvgIpc) is 2.87. The van der Waals surface area contributed by atoms with Crippen LogP contribution >= 0.6 is 6.89 Å². The molecule has 0 N–H and O–H groups in total. The molecule has 0 aromatic heterocycles. The van der Waals surface area contributed by atoms with Gasteiger partial charge in [-0.05, 0) is 46.7 Å². The van der Waals surface area contributed by atoms with E-state index in [4.69, 9.17) is 9.16 Å². The van der Waals surface area contributed by atoms with Gasteiger partial charge in [0.05, 0.1) is 19.6 Å². The van der Waals surface area contributed by atoms with E-state index in [2.05, 4.69) is 70.3 Å². The van der Waals surface area contributed by atoms with Crippen LogP contribution in [0.2, 0.25) is 18.1 Å². The maximum Gasteiger partial charge on any atom is 0.308 e. The minimum atomic E-state index is -2.43. The molecule has 37 heavy (non-hydrogen) atoms. The van der Waals surface area contributed by atoms with Crippen LogP contribution < -0.4 is 15.9 Å². The second-order valence-corrected chi connectivity index (χ2v) is 18.8. The second kappa shape index (κ2) is 12.2. The van der Waals surface area contributed by atoms with Crippen LogP contribution in [0.4, 0.5) is 0 Å². The zero-order chi connectivity index (χ0) is 27.1. The van der Waals surface area contributed by atoms with Crippen molar-refractivity contribution in [2.75, 3.05) is 7.11 Å². The number of methoxy groups -OCH3 is 1. The number of rotatable bonds is 10. The van der Waals surface area contributed by atoms with Crippen LogP contribution in [-0.2, 0) is 18.8 Å². The predicted molar refractivity (Wildman–Crippen MR) is 160 cm³/mol. The van der Waals surface area contributed by atoms with Crippen molar-refractivity contribution in [3.8, 4) is 0 Å². The van der Waals surface area contributed by atoms with E-state index < -0.39 is 21.3 Å². The number of esters is 1. The Hall–Kier alpha value is -2.72. The summed E-state index contributed by atoms with van der Waals surface area (Å²) in [5, 5.41) is 3.27. The van der Waals surface area contributed by atoms with E-state index in [-0.39, 0.29) is 29.6 Å². The standard InChI is InChI=1S/C31H39O4PSi/c1-31(2,3)37(5,6)35-26(23-30(33)34-4)22-25(32)24-36(27-16-10-7-11-17-27,28-18-12-8-13-19-28)29-20-14-9-15-21-29/h7-21,24,26H,22-23H2,1-6H3/t26-/m1/s1. The number of ketones is 1. The molecule has 0 saturated carbocycles. The minimum absolute atomic E-state index is 0.0301. The van der Waals surface area contributed by atoms with E-state index in [9.17, 15) is 9.59 Å². The normalized spacial score (nSPS) is 13.0. The van der Waals surface area contributed by atoms with E-state index in [0.717, 1.165) is 15.9 Å². The number of benzene rings is 3. The van der Waals surface area contributed by atoms with Gasteiger partial charge in [0.1, 0.15) is 0 Å². The fourth-order valence-electron chi connectivity index (χ4n) is 4.17. The van der Waals surface area contributed by atoms with Crippen molar-refractivity contribution in [1.82, 2.24) is 0 Å². The van der Waals surface area contributed by atoms with Crippen LogP contribution in [0, 0.1) is 0 Å². The SMILES string of the molecule is COC(=O)C[C@@H](CC(=O)C=P(c1ccccc1)(c1ccccc1)c1ccccc1)O[Si](C)(C)C(C)(C)C. The summed E-state index contributed by atoms with van der Waals surface area (Å²) in [6.45, 7) is 8.31. The first-order valence-electron chi connectivity index (χ1n) is 12.7. The molecule has 0 heterocycles. The monoisotopic (exact) mass is 534 g/mol. The lowest BCUT2D eigenvalue weighted by atomic mass is 10.1. The highest BCUT2D eigenvalue weighted by Gasteiger charge is 2.40. The first kappa shape index (κ1) is 28.8. The number of carbonyl (C=O) groups excluding carboxylic acids is 2. The molecule has 0 aliphatic rings. The molecule has 1 atom stereocenters. The number of hydrogen-bond donors (Lipinski definition) is 0. The average molecular weight is 535 g/mol. The Labute approximate surface area is 223 Å². The fourth-order valence-corrected chi connectivity index (χ4v) is 9.33. The van der Waals surface area contributed by atoms with Crippen molar-refractivity contribution >= 4 is 48.7 Å². The van der Waals surface area contributed by atoms with Crippen molar-refractivity contribution in [3.05, 3.63) is 91.0 Å². The lowest BCUT2D eigenvalue weighted by Crippen LogP contribution is -2.45. The highest BCUT2D eigenvalue weighted by Crippen LogP contribution is 2.44. The summed E-state index contributed by atoms with van der Waals surface area (Å²) in [5.41, 5.74) is 0. The third-order valence-electron chi connectivity index (χ3n) is 7.15. The summed E-state index contributed by atoms with van der Waals surface area (Å²) in [6.07, 6.45) is -0.368. The lowest BCUT2D eigenvalue weighted by molar-refractivity contribution is -0.142. The Morgan fingerprint density at radius 3 is 1.54 bits per heavy atom. The number of hydrogen-bond acceptors (Lipinski definition) is 4. The molecular formula is C31H39O4PSi. The van der Waals surface area contributed by atoms with E-state index in [1.807, 2.05) is 60.4 Å². The third-order valence-corrected chi connectivity index (χ3v) is 15.7. The van der Waals surface area contributed by atoms with Gasteiger partial charge >= 0.3 is 5.97 Å². The van der Waals surface area contributed by atoms with Gasteiger partial charge in [0.2, 0.25) is 0 Å². The summed E-state index contributed by atoms with van der Waals surface area (Å²) < 4.78 is 11.5. The van der Waals surface area contributed by atoms with Gasteiger partial charge in [-0.3, -0.25) is 9.59 Å². The third kappa shape index (κ3) is 6.98. The lowest BCUT2D eigenvalue weighted by Gasteiger charge is -2.39. The predicted octanol–water partition coefficient (Wildman–Crippen LogP) is 5.70. The Bertz CT molecular complexity index is 1130. The minimum Gasteiger partial charge on any atom is -0.469 e. The summed E-state index contributed by atoms with van der Waals surface area (Å²) in [5.74, 6) is 1.52. The van der Waals surface area contributed by atoms with Gasteiger partial charge in [-0.25, -0.2) is 0 Å². The number of carbonyl (C=O) groups is 2. The van der Waals surface area contributed by atoms with Gasteiger partial charge in [0.25, 0.3) is 0 Å². The van der Waals surface area contributed by atoms with Crippen molar-refractivity contribution in [2.45, 2.75) is 57.8 Å². The molecule has 6 heteroatoms. The molecule has 0 aliphatic heterocycles. The molecule has 0 fully saturated rings. The van der Waals surface area contributed by atoms with E-state index in [1.54, 1.807) is 0 Å². The summed E-state index contributed by atoms with van der Waals surface area (Å²) >= 11 is 0. The molecule has 0 unspecified atom stereocenters. The van der Waals surface area contributed by atoms with Gasteiger partial charge in [-0.15, -0.1) is 0 Å². The van der Waals surface area contributed by atoms with Crippen molar-refractivity contribution in [3.63, 3.8) is 0 Å². The van der Waals surface area contributed by atoms with Gasteiger partial charge in [0, 0.05) is 6.42 Å². The molecule has 0 radical (unpaired) electrons. The Morgan fingerprint density at radius 2 is 1.19 bits per heavy atom. The topological polar surface area (TPSA) is 52.6 Å². The highest BCUT2D eigenvalue weighted by molar-refractivity contribution is 7.95. The van der Waals surface area contributed by atoms with E-state index >= 15 is 0 Å². The van der Waals surface area contributed by atoms with Crippen LogP contribution in [0.25, 0.3) is 0 Å². The molecule has 0 aliphatic carbocycles. The van der Waals surface area contributed by atoms with E-state index in [0.29, 0.717) is 0 Å². The summed E-state index contributed by atoms with van der Waals surface area (Å²) in [4.78, 5) is 26.2. The summed E-state index contributed by atoms with van der Waals surface area (Å²) in [6, 6.07) is 30.8. The molecule has 196 valence electrons. The number of Topliss-reactive ketones (excluding diaryl/α,β-unsaturated/α-hetero) is 1. The van der Waals surface area contributed by atoms with E-state index in [1.165, 1.54) is 7.11 Å². The largest absolute Gasteiger partial charge is 0.469 e. The van der Waals surface area contributed by atoms with Gasteiger partial charge in [0.15, 0.2) is 14.1 Å². The fraction of sp³-hybridized carbons (Fsp3) is 0.323. The highest BCUT2D eigenvalue weighted by atomic mass is 31.2. The van der Waals surface area contributed by atoms with Crippen LogP contribution in [0.5, 0.6) is 0 Å². The van der Waals surface area contributed by atoms with Gasteiger partial charge in [-0.1, -0.05) is 112 Å². The molecule has 0 spiro atoms. The molecule has 4 nitrogen and oxygen atoms in total. The smallest absolute Gasteiger partial charge is 0.308 e. The number of ether oxygens (including phenoxy) is 1. The van der Waals surface area contributed by atoms with Crippen molar-refractivity contribution in [1.29, 1.82) is 0 Å². The van der Waals surface area contributed by atoms with Gasteiger partial charge < -0.3 is 9.16 Å². The molecule has 0 saturated heterocycles. The first-order valence-corrected chi connectivity index (χ1v) is 17.5. The Morgan fingerprint density at radius 1 is 0.784 bits per heavy atom. The molecule has 0 amide bonds. The second-order valence-electron chi connectivity index (χ2n) is 10.8. The molecule has 0 bridgehead atoms. The van der Waals surface area contributed by atoms with Crippen molar-refractivity contribution < 1.29 is 18.8 Å². The zero-order valence-electron chi connectivity index (χ0n) is 22.8. The first-order chi connectivity index (χ1) is 17.5. The molecular weight excluding hydrogens is 495 g/mol. The van der Waals surface area contributed by atoms with Crippen LogP contribution in [0.15, 0.2) is 91.0 Å². The molecule has 3 rings (SSSR count). The van der Waals surface area contributed by atoms with Crippen molar-refractivity contribution in [2.24, 2.45) is 0 Å². The summed E-state index contributed by atoms with van der Waals surface area (Å²) in [7, 11) is -0.858. The van der Waals surface area contributed by atoms with Crippen LogP contribution in [-0.4, -0.2) is 39.1 Å².